The molecular formula is C23H17Cl2N3O. The fraction of sp³-hybridized carbons (Fsp3) is 0.0435. The van der Waals surface area contributed by atoms with E-state index in [-0.39, 0.29) is 5.91 Å². The summed E-state index contributed by atoms with van der Waals surface area (Å²) in [5.41, 5.74) is 4.13. The molecule has 1 N–H and O–H groups in total. The van der Waals surface area contributed by atoms with Gasteiger partial charge in [-0.1, -0.05) is 71.7 Å². The molecule has 4 rings (SSSR count). The fourth-order valence-electron chi connectivity index (χ4n) is 3.01. The number of amides is 1. The maximum Gasteiger partial charge on any atom is 0.255 e. The van der Waals surface area contributed by atoms with Gasteiger partial charge in [-0.3, -0.25) is 9.48 Å². The number of halogens is 2. The van der Waals surface area contributed by atoms with Crippen molar-refractivity contribution < 1.29 is 4.79 Å². The number of rotatable bonds is 5. The summed E-state index contributed by atoms with van der Waals surface area (Å²) in [6, 6.07) is 22.9. The van der Waals surface area contributed by atoms with Crippen molar-refractivity contribution in [3.8, 4) is 11.1 Å². The van der Waals surface area contributed by atoms with E-state index in [9.17, 15) is 4.79 Å². The highest BCUT2D eigenvalue weighted by molar-refractivity contribution is 6.35. The number of carbonyl (C=O) groups excluding carboxylic acids is 1. The lowest BCUT2D eigenvalue weighted by Crippen LogP contribution is -2.11. The highest BCUT2D eigenvalue weighted by atomic mass is 35.5. The van der Waals surface area contributed by atoms with Crippen molar-refractivity contribution in [3.05, 3.63) is 106 Å². The van der Waals surface area contributed by atoms with Gasteiger partial charge in [0.15, 0.2) is 0 Å². The Morgan fingerprint density at radius 3 is 2.21 bits per heavy atom. The van der Waals surface area contributed by atoms with Gasteiger partial charge >= 0.3 is 0 Å². The van der Waals surface area contributed by atoms with Crippen LogP contribution in [0.15, 0.2) is 85.2 Å². The molecule has 4 nitrogen and oxygen atoms in total. The number of benzene rings is 3. The molecule has 0 aliphatic carbocycles. The van der Waals surface area contributed by atoms with E-state index >= 15 is 0 Å². The molecule has 1 amide bonds. The number of hydrogen-bond acceptors (Lipinski definition) is 2. The minimum atomic E-state index is -0.195. The minimum Gasteiger partial charge on any atom is -0.319 e. The molecule has 29 heavy (non-hydrogen) atoms. The van der Waals surface area contributed by atoms with Crippen molar-refractivity contribution in [2.45, 2.75) is 6.54 Å². The van der Waals surface area contributed by atoms with Crippen LogP contribution in [0.2, 0.25) is 10.0 Å². The van der Waals surface area contributed by atoms with Crippen molar-refractivity contribution in [3.63, 3.8) is 0 Å². The van der Waals surface area contributed by atoms with Gasteiger partial charge in [0.2, 0.25) is 0 Å². The zero-order valence-electron chi connectivity index (χ0n) is 15.3. The second kappa shape index (κ2) is 8.52. The summed E-state index contributed by atoms with van der Waals surface area (Å²) in [6.07, 6.45) is 3.34. The molecule has 1 aromatic heterocycles. The normalized spacial score (nSPS) is 10.7. The van der Waals surface area contributed by atoms with Crippen molar-refractivity contribution in [2.75, 3.05) is 5.32 Å². The largest absolute Gasteiger partial charge is 0.319 e. The van der Waals surface area contributed by atoms with Crippen molar-refractivity contribution in [1.82, 2.24) is 9.78 Å². The van der Waals surface area contributed by atoms with Crippen molar-refractivity contribution in [1.29, 1.82) is 0 Å². The predicted molar refractivity (Wildman–Crippen MR) is 118 cm³/mol. The van der Waals surface area contributed by atoms with E-state index in [1.807, 2.05) is 54.6 Å². The number of hydrogen-bond donors (Lipinski definition) is 1. The number of carbonyl (C=O) groups is 1. The quantitative estimate of drug-likeness (QED) is 0.419. The Labute approximate surface area is 178 Å². The van der Waals surface area contributed by atoms with Gasteiger partial charge in [-0.05, 0) is 35.4 Å². The van der Waals surface area contributed by atoms with Crippen LogP contribution in [0.5, 0.6) is 0 Å². The van der Waals surface area contributed by atoms with Gasteiger partial charge in [0, 0.05) is 27.4 Å². The summed E-state index contributed by atoms with van der Waals surface area (Å²) in [6.45, 7) is 0.417. The Bertz CT molecular complexity index is 1120. The highest BCUT2D eigenvalue weighted by Crippen LogP contribution is 2.25. The maximum atomic E-state index is 12.5. The maximum absolute atomic E-state index is 12.5. The molecular weight excluding hydrogens is 405 g/mol. The third kappa shape index (κ3) is 4.50. The highest BCUT2D eigenvalue weighted by Gasteiger charge is 2.10. The molecule has 4 aromatic rings. The third-order valence-electron chi connectivity index (χ3n) is 4.53. The van der Waals surface area contributed by atoms with Gasteiger partial charge in [0.25, 0.3) is 5.91 Å². The van der Waals surface area contributed by atoms with Crippen LogP contribution in [-0.2, 0) is 6.54 Å². The molecule has 0 aliphatic heterocycles. The average molecular weight is 422 g/mol. The lowest BCUT2D eigenvalue weighted by molar-refractivity contribution is 0.102. The first kappa shape index (κ1) is 19.2. The SMILES string of the molecule is O=C(Nc1cnn(Cc2c(Cl)cccc2Cl)c1)c1ccc(-c2ccccc2)cc1. The van der Waals surface area contributed by atoms with Crippen LogP contribution in [-0.4, -0.2) is 15.7 Å². The molecule has 0 bridgehead atoms. The number of aromatic nitrogens is 2. The van der Waals surface area contributed by atoms with E-state index in [1.165, 1.54) is 0 Å². The second-order valence-electron chi connectivity index (χ2n) is 6.52. The smallest absolute Gasteiger partial charge is 0.255 e. The molecule has 144 valence electrons. The summed E-state index contributed by atoms with van der Waals surface area (Å²) in [5.74, 6) is -0.195. The van der Waals surface area contributed by atoms with E-state index in [4.69, 9.17) is 23.2 Å². The van der Waals surface area contributed by atoms with Crippen LogP contribution < -0.4 is 5.32 Å². The molecule has 6 heteroatoms. The van der Waals surface area contributed by atoms with E-state index < -0.39 is 0 Å². The molecule has 0 fully saturated rings. The van der Waals surface area contributed by atoms with Gasteiger partial charge in [0.1, 0.15) is 0 Å². The predicted octanol–water partition coefficient (Wildman–Crippen LogP) is 6.16. The molecule has 0 saturated carbocycles. The number of anilines is 1. The topological polar surface area (TPSA) is 46.9 Å². The minimum absolute atomic E-state index is 0.195. The Morgan fingerprint density at radius 1 is 0.862 bits per heavy atom. The second-order valence-corrected chi connectivity index (χ2v) is 7.34. The monoisotopic (exact) mass is 421 g/mol. The van der Waals surface area contributed by atoms with E-state index in [2.05, 4.69) is 10.4 Å². The van der Waals surface area contributed by atoms with Crippen LogP contribution in [0.1, 0.15) is 15.9 Å². The number of nitrogens with one attached hydrogen (secondary N) is 1. The summed E-state index contributed by atoms with van der Waals surface area (Å²) in [7, 11) is 0. The van der Waals surface area contributed by atoms with E-state index in [0.717, 1.165) is 16.7 Å². The van der Waals surface area contributed by atoms with Gasteiger partial charge in [0.05, 0.1) is 18.4 Å². The molecule has 1 heterocycles. The van der Waals surface area contributed by atoms with Crippen LogP contribution in [0, 0.1) is 0 Å². The number of nitrogens with zero attached hydrogens (tertiary/aromatic N) is 2. The van der Waals surface area contributed by atoms with Crippen molar-refractivity contribution >= 4 is 34.8 Å². The zero-order chi connectivity index (χ0) is 20.2. The molecule has 3 aromatic carbocycles. The Hall–Kier alpha value is -3.08. The van der Waals surface area contributed by atoms with Crippen LogP contribution in [0.3, 0.4) is 0 Å². The lowest BCUT2D eigenvalue weighted by Gasteiger charge is -2.07. The van der Waals surface area contributed by atoms with Crippen molar-refractivity contribution in [2.24, 2.45) is 0 Å². The van der Waals surface area contributed by atoms with Gasteiger partial charge < -0.3 is 5.32 Å². The van der Waals surface area contributed by atoms with Crippen LogP contribution >= 0.6 is 23.2 Å². The first-order valence-corrected chi connectivity index (χ1v) is 9.78. The van der Waals surface area contributed by atoms with Gasteiger partial charge in [-0.15, -0.1) is 0 Å². The molecule has 0 unspecified atom stereocenters. The van der Waals surface area contributed by atoms with Gasteiger partial charge in [-0.2, -0.15) is 5.10 Å². The summed E-state index contributed by atoms with van der Waals surface area (Å²) >= 11 is 12.4. The molecule has 0 radical (unpaired) electrons. The lowest BCUT2D eigenvalue weighted by atomic mass is 10.0. The first-order valence-electron chi connectivity index (χ1n) is 9.02. The fourth-order valence-corrected chi connectivity index (χ4v) is 3.52. The van der Waals surface area contributed by atoms with E-state index in [0.29, 0.717) is 27.8 Å². The molecule has 0 spiro atoms. The summed E-state index contributed by atoms with van der Waals surface area (Å²) in [5, 5.41) is 8.30. The van der Waals surface area contributed by atoms with Crippen LogP contribution in [0.4, 0.5) is 5.69 Å². The zero-order valence-corrected chi connectivity index (χ0v) is 16.9. The third-order valence-corrected chi connectivity index (χ3v) is 5.24. The standard InChI is InChI=1S/C23H17Cl2N3O/c24-21-7-4-8-22(25)20(21)15-28-14-19(13-26-28)27-23(29)18-11-9-17(10-12-18)16-5-2-1-3-6-16/h1-14H,15H2,(H,27,29). The molecule has 0 aliphatic rings. The average Bonchev–Trinajstić information content (AvgIpc) is 3.18. The summed E-state index contributed by atoms with van der Waals surface area (Å²) < 4.78 is 1.68. The molecule has 0 saturated heterocycles. The van der Waals surface area contributed by atoms with E-state index in [1.54, 1.807) is 35.3 Å². The first-order chi connectivity index (χ1) is 14.1. The van der Waals surface area contributed by atoms with Gasteiger partial charge in [-0.25, -0.2) is 0 Å². The Kier molecular flexibility index (Phi) is 5.65. The summed E-state index contributed by atoms with van der Waals surface area (Å²) in [4.78, 5) is 12.5. The molecule has 0 atom stereocenters. The Morgan fingerprint density at radius 2 is 1.52 bits per heavy atom. The van der Waals surface area contributed by atoms with Crippen LogP contribution in [0.25, 0.3) is 11.1 Å². The Balaban J connectivity index is 1.44.